The number of nitrogens with zero attached hydrogens (tertiary/aromatic N) is 5. The van der Waals surface area contributed by atoms with Crippen molar-refractivity contribution in [2.75, 3.05) is 37.6 Å². The molecule has 3 aromatic rings. The molecule has 150 valence electrons. The number of carbonyl (C=O) groups excluding carboxylic acids is 1. The van der Waals surface area contributed by atoms with Crippen LogP contribution in [-0.2, 0) is 6.54 Å². The van der Waals surface area contributed by atoms with Crippen molar-refractivity contribution >= 4 is 11.5 Å². The molecule has 0 saturated carbocycles. The van der Waals surface area contributed by atoms with E-state index in [1.165, 1.54) is 12.3 Å². The van der Waals surface area contributed by atoms with Crippen LogP contribution in [-0.4, -0.2) is 58.4 Å². The van der Waals surface area contributed by atoms with Gasteiger partial charge in [0.25, 0.3) is 0 Å². The van der Waals surface area contributed by atoms with Gasteiger partial charge in [0.15, 0.2) is 5.69 Å². The van der Waals surface area contributed by atoms with Crippen LogP contribution in [0.25, 0.3) is 0 Å². The zero-order valence-electron chi connectivity index (χ0n) is 16.2. The monoisotopic (exact) mass is 393 g/mol. The highest BCUT2D eigenvalue weighted by molar-refractivity contribution is 6.07. The van der Waals surface area contributed by atoms with E-state index in [1.807, 2.05) is 30.3 Å². The summed E-state index contributed by atoms with van der Waals surface area (Å²) in [7, 11) is 0. The fourth-order valence-electron chi connectivity index (χ4n) is 3.60. The Hall–Kier alpha value is -3.06. The summed E-state index contributed by atoms with van der Waals surface area (Å²) in [5.41, 5.74) is 1.67. The number of aryl methyl sites for hydroxylation is 1. The SMILES string of the molecule is O=C(c1ccccc1)c1cnn(CCCN2CCN(c3ccccc3F)CC2)n1. The highest BCUT2D eigenvalue weighted by Gasteiger charge is 2.19. The largest absolute Gasteiger partial charge is 0.367 e. The molecule has 0 amide bonds. The van der Waals surface area contributed by atoms with E-state index in [0.29, 0.717) is 23.5 Å². The van der Waals surface area contributed by atoms with Gasteiger partial charge in [0.05, 0.1) is 18.4 Å². The van der Waals surface area contributed by atoms with Gasteiger partial charge < -0.3 is 4.90 Å². The molecular weight excluding hydrogens is 369 g/mol. The Bertz CT molecular complexity index is 951. The number of anilines is 1. The molecule has 7 heteroatoms. The van der Waals surface area contributed by atoms with Crippen molar-refractivity contribution in [3.63, 3.8) is 0 Å². The van der Waals surface area contributed by atoms with Crippen LogP contribution >= 0.6 is 0 Å². The van der Waals surface area contributed by atoms with Crippen LogP contribution in [0.1, 0.15) is 22.5 Å². The van der Waals surface area contributed by atoms with Crippen LogP contribution in [0.5, 0.6) is 0 Å². The Morgan fingerprint density at radius 3 is 2.41 bits per heavy atom. The number of aromatic nitrogens is 3. The van der Waals surface area contributed by atoms with Gasteiger partial charge in [-0.25, -0.2) is 4.39 Å². The van der Waals surface area contributed by atoms with Gasteiger partial charge in [-0.15, -0.1) is 5.10 Å². The number of para-hydroxylation sites is 1. The summed E-state index contributed by atoms with van der Waals surface area (Å²) in [5, 5.41) is 8.54. The smallest absolute Gasteiger partial charge is 0.214 e. The van der Waals surface area contributed by atoms with Gasteiger partial charge in [0.1, 0.15) is 5.82 Å². The van der Waals surface area contributed by atoms with Gasteiger partial charge >= 0.3 is 0 Å². The molecule has 6 nitrogen and oxygen atoms in total. The zero-order chi connectivity index (χ0) is 20.1. The quantitative estimate of drug-likeness (QED) is 0.578. The molecule has 0 atom stereocenters. The van der Waals surface area contributed by atoms with Crippen molar-refractivity contribution in [3.8, 4) is 0 Å². The first kappa shape index (κ1) is 19.3. The van der Waals surface area contributed by atoms with Crippen molar-refractivity contribution in [2.24, 2.45) is 0 Å². The Kier molecular flexibility index (Phi) is 5.95. The maximum atomic E-state index is 13.9. The molecule has 1 aliphatic rings. The van der Waals surface area contributed by atoms with Crippen LogP contribution in [0.4, 0.5) is 10.1 Å². The highest BCUT2D eigenvalue weighted by Crippen LogP contribution is 2.20. The van der Waals surface area contributed by atoms with Gasteiger partial charge in [-0.2, -0.15) is 9.90 Å². The highest BCUT2D eigenvalue weighted by atomic mass is 19.1. The van der Waals surface area contributed by atoms with E-state index in [9.17, 15) is 9.18 Å². The van der Waals surface area contributed by atoms with Crippen molar-refractivity contribution in [1.29, 1.82) is 0 Å². The van der Waals surface area contributed by atoms with E-state index >= 15 is 0 Å². The predicted octanol–water partition coefficient (Wildman–Crippen LogP) is 2.86. The Morgan fingerprint density at radius 1 is 0.931 bits per heavy atom. The van der Waals surface area contributed by atoms with E-state index in [1.54, 1.807) is 23.0 Å². The van der Waals surface area contributed by atoms with Gasteiger partial charge in [-0.1, -0.05) is 42.5 Å². The van der Waals surface area contributed by atoms with Gasteiger partial charge in [0.2, 0.25) is 5.78 Å². The molecule has 0 unspecified atom stereocenters. The number of piperazine rings is 1. The van der Waals surface area contributed by atoms with Crippen LogP contribution < -0.4 is 4.90 Å². The number of halogens is 1. The Morgan fingerprint density at radius 2 is 1.66 bits per heavy atom. The third-order valence-corrected chi connectivity index (χ3v) is 5.20. The molecular formula is C22H24FN5O. The fourth-order valence-corrected chi connectivity index (χ4v) is 3.60. The van der Waals surface area contributed by atoms with E-state index in [0.717, 1.165) is 39.1 Å². The minimum absolute atomic E-state index is 0.110. The average Bonchev–Trinajstić information content (AvgIpc) is 3.24. The first-order valence-corrected chi connectivity index (χ1v) is 9.92. The molecule has 1 aliphatic heterocycles. The Balaban J connectivity index is 1.23. The van der Waals surface area contributed by atoms with Gasteiger partial charge in [-0.05, 0) is 18.6 Å². The maximum Gasteiger partial charge on any atom is 0.214 e. The molecule has 4 rings (SSSR count). The summed E-state index contributed by atoms with van der Waals surface area (Å²) in [6.07, 6.45) is 2.43. The third kappa shape index (κ3) is 4.68. The minimum Gasteiger partial charge on any atom is -0.367 e. The second kappa shape index (κ2) is 8.96. The molecule has 0 aliphatic carbocycles. The normalized spacial score (nSPS) is 14.9. The number of ketones is 1. The summed E-state index contributed by atoms with van der Waals surface area (Å²) in [6, 6.07) is 16.1. The molecule has 0 N–H and O–H groups in total. The zero-order valence-corrected chi connectivity index (χ0v) is 16.2. The molecule has 2 aromatic carbocycles. The second-order valence-corrected chi connectivity index (χ2v) is 7.15. The number of hydrogen-bond acceptors (Lipinski definition) is 5. The average molecular weight is 393 g/mol. The lowest BCUT2D eigenvalue weighted by Crippen LogP contribution is -2.47. The fraction of sp³-hybridized carbons (Fsp3) is 0.318. The third-order valence-electron chi connectivity index (χ3n) is 5.20. The Labute approximate surface area is 169 Å². The summed E-state index contributed by atoms with van der Waals surface area (Å²) >= 11 is 0. The van der Waals surface area contributed by atoms with Crippen LogP contribution in [0.2, 0.25) is 0 Å². The first-order valence-electron chi connectivity index (χ1n) is 9.92. The molecule has 2 heterocycles. The molecule has 0 radical (unpaired) electrons. The lowest BCUT2D eigenvalue weighted by atomic mass is 10.1. The first-order chi connectivity index (χ1) is 14.2. The van der Waals surface area contributed by atoms with Crippen LogP contribution in [0.3, 0.4) is 0 Å². The molecule has 1 fully saturated rings. The van der Waals surface area contributed by atoms with E-state index in [-0.39, 0.29) is 11.6 Å². The number of benzene rings is 2. The van der Waals surface area contributed by atoms with Crippen LogP contribution in [0.15, 0.2) is 60.8 Å². The molecule has 0 bridgehead atoms. The summed E-state index contributed by atoms with van der Waals surface area (Å²) in [5.74, 6) is -0.271. The van der Waals surface area contributed by atoms with E-state index in [2.05, 4.69) is 20.0 Å². The van der Waals surface area contributed by atoms with Crippen molar-refractivity contribution < 1.29 is 9.18 Å². The minimum atomic E-state index is -0.161. The number of carbonyl (C=O) groups is 1. The van der Waals surface area contributed by atoms with E-state index in [4.69, 9.17) is 0 Å². The molecule has 1 aromatic heterocycles. The lowest BCUT2D eigenvalue weighted by molar-refractivity contribution is 0.103. The van der Waals surface area contributed by atoms with Crippen molar-refractivity contribution in [2.45, 2.75) is 13.0 Å². The number of rotatable bonds is 7. The van der Waals surface area contributed by atoms with Crippen molar-refractivity contribution in [3.05, 3.63) is 77.9 Å². The predicted molar refractivity (Wildman–Crippen MR) is 110 cm³/mol. The van der Waals surface area contributed by atoms with Crippen LogP contribution in [0, 0.1) is 5.82 Å². The molecule has 0 spiro atoms. The van der Waals surface area contributed by atoms with E-state index < -0.39 is 0 Å². The number of hydrogen-bond donors (Lipinski definition) is 0. The standard InChI is InChI=1S/C22H24FN5O/c23-19-9-4-5-10-21(19)27-15-13-26(14-16-27)11-6-12-28-24-17-20(25-28)22(29)18-7-2-1-3-8-18/h1-5,7-10,17H,6,11-16H2. The summed E-state index contributed by atoms with van der Waals surface area (Å²) in [6.45, 7) is 5.02. The summed E-state index contributed by atoms with van der Waals surface area (Å²) in [4.78, 5) is 18.5. The maximum absolute atomic E-state index is 13.9. The summed E-state index contributed by atoms with van der Waals surface area (Å²) < 4.78 is 13.9. The molecule has 29 heavy (non-hydrogen) atoms. The van der Waals surface area contributed by atoms with Gasteiger partial charge in [0, 0.05) is 38.3 Å². The van der Waals surface area contributed by atoms with Crippen molar-refractivity contribution in [1.82, 2.24) is 19.9 Å². The topological polar surface area (TPSA) is 54.3 Å². The lowest BCUT2D eigenvalue weighted by Gasteiger charge is -2.36. The molecule has 1 saturated heterocycles. The van der Waals surface area contributed by atoms with Gasteiger partial charge in [-0.3, -0.25) is 9.69 Å². The second-order valence-electron chi connectivity index (χ2n) is 7.15.